The van der Waals surface area contributed by atoms with Crippen molar-refractivity contribution in [2.75, 3.05) is 6.54 Å². The molecule has 0 spiro atoms. The summed E-state index contributed by atoms with van der Waals surface area (Å²) in [5, 5.41) is 10.9. The maximum atomic E-state index is 10.2. The van der Waals surface area contributed by atoms with E-state index in [9.17, 15) is 5.11 Å². The molecular weight excluding hydrogens is 222 g/mol. The first-order valence-electron chi connectivity index (χ1n) is 5.73. The summed E-state index contributed by atoms with van der Waals surface area (Å²) in [5.41, 5.74) is 7.61. The maximum Gasteiger partial charge on any atom is 0.0830 e. The third-order valence-corrected chi connectivity index (χ3v) is 3.03. The van der Waals surface area contributed by atoms with Crippen LogP contribution in [0.4, 0.5) is 0 Å². The molecule has 0 radical (unpaired) electrons. The number of hydrogen-bond donors (Lipinski definition) is 2. The van der Waals surface area contributed by atoms with Crippen molar-refractivity contribution < 1.29 is 5.11 Å². The van der Waals surface area contributed by atoms with E-state index in [4.69, 9.17) is 17.3 Å². The quantitative estimate of drug-likeness (QED) is 0.832. The minimum absolute atomic E-state index is 0.114. The molecule has 0 aromatic heterocycles. The van der Waals surface area contributed by atoms with Crippen LogP contribution in [0.3, 0.4) is 0 Å². The van der Waals surface area contributed by atoms with Crippen molar-refractivity contribution in [3.05, 3.63) is 34.3 Å². The molecule has 0 aliphatic rings. The normalized spacial score (nSPS) is 14.8. The number of benzene rings is 1. The number of aryl methyl sites for hydroxylation is 1. The molecule has 0 aliphatic carbocycles. The van der Waals surface area contributed by atoms with Crippen LogP contribution in [0.25, 0.3) is 0 Å². The standard InChI is InChI=1S/C13H20ClNO/c1-3-4-10(8-15)13(16)11-5-9(2)6-12(14)7-11/h5-7,10,13,16H,3-4,8,15H2,1-2H3. The van der Waals surface area contributed by atoms with Gasteiger partial charge < -0.3 is 10.8 Å². The number of halogens is 1. The number of hydrogen-bond acceptors (Lipinski definition) is 2. The Hall–Kier alpha value is -0.570. The summed E-state index contributed by atoms with van der Waals surface area (Å²) in [6.07, 6.45) is 1.45. The monoisotopic (exact) mass is 241 g/mol. The first-order valence-corrected chi connectivity index (χ1v) is 6.11. The maximum absolute atomic E-state index is 10.2. The lowest BCUT2D eigenvalue weighted by molar-refractivity contribution is 0.107. The van der Waals surface area contributed by atoms with E-state index in [-0.39, 0.29) is 5.92 Å². The van der Waals surface area contributed by atoms with Gasteiger partial charge in [0.05, 0.1) is 6.10 Å². The summed E-state index contributed by atoms with van der Waals surface area (Å²) in [7, 11) is 0. The third kappa shape index (κ3) is 3.48. The van der Waals surface area contributed by atoms with Crippen molar-refractivity contribution in [3.8, 4) is 0 Å². The molecule has 1 aromatic rings. The molecule has 0 amide bonds. The Morgan fingerprint density at radius 1 is 1.38 bits per heavy atom. The lowest BCUT2D eigenvalue weighted by Crippen LogP contribution is -2.22. The van der Waals surface area contributed by atoms with Crippen LogP contribution in [-0.2, 0) is 0 Å². The van der Waals surface area contributed by atoms with Crippen molar-refractivity contribution in [1.82, 2.24) is 0 Å². The van der Waals surface area contributed by atoms with Crippen LogP contribution in [0.2, 0.25) is 5.02 Å². The van der Waals surface area contributed by atoms with Gasteiger partial charge in [-0.2, -0.15) is 0 Å². The largest absolute Gasteiger partial charge is 0.388 e. The Morgan fingerprint density at radius 3 is 2.56 bits per heavy atom. The lowest BCUT2D eigenvalue weighted by atomic mass is 9.91. The molecular formula is C13H20ClNO. The molecule has 2 atom stereocenters. The van der Waals surface area contributed by atoms with E-state index in [0.717, 1.165) is 24.0 Å². The van der Waals surface area contributed by atoms with Gasteiger partial charge in [0, 0.05) is 10.9 Å². The van der Waals surface area contributed by atoms with Crippen LogP contribution >= 0.6 is 11.6 Å². The van der Waals surface area contributed by atoms with Crippen molar-refractivity contribution >= 4 is 11.6 Å². The fourth-order valence-corrected chi connectivity index (χ4v) is 2.28. The van der Waals surface area contributed by atoms with E-state index in [1.807, 2.05) is 25.1 Å². The second kappa shape index (κ2) is 6.24. The summed E-state index contributed by atoms with van der Waals surface area (Å²) in [4.78, 5) is 0. The Balaban J connectivity index is 2.89. The van der Waals surface area contributed by atoms with Crippen molar-refractivity contribution in [1.29, 1.82) is 0 Å². The van der Waals surface area contributed by atoms with Crippen LogP contribution in [-0.4, -0.2) is 11.7 Å². The summed E-state index contributed by atoms with van der Waals surface area (Å²) in [6.45, 7) is 4.57. The Kier molecular flexibility index (Phi) is 5.26. The van der Waals surface area contributed by atoms with Gasteiger partial charge in [0.25, 0.3) is 0 Å². The Labute approximate surface area is 102 Å². The van der Waals surface area contributed by atoms with E-state index >= 15 is 0 Å². The van der Waals surface area contributed by atoms with Crippen molar-refractivity contribution in [2.24, 2.45) is 11.7 Å². The Morgan fingerprint density at radius 2 is 2.06 bits per heavy atom. The third-order valence-electron chi connectivity index (χ3n) is 2.81. The van der Waals surface area contributed by atoms with Gasteiger partial charge in [-0.3, -0.25) is 0 Å². The zero-order chi connectivity index (χ0) is 12.1. The molecule has 1 rings (SSSR count). The zero-order valence-corrected chi connectivity index (χ0v) is 10.7. The summed E-state index contributed by atoms with van der Waals surface area (Å²) in [6, 6.07) is 5.67. The van der Waals surface area contributed by atoms with Gasteiger partial charge in [-0.05, 0) is 43.1 Å². The van der Waals surface area contributed by atoms with Gasteiger partial charge in [0.2, 0.25) is 0 Å². The molecule has 3 N–H and O–H groups in total. The van der Waals surface area contributed by atoms with Gasteiger partial charge >= 0.3 is 0 Å². The fraction of sp³-hybridized carbons (Fsp3) is 0.538. The molecule has 1 aromatic carbocycles. The van der Waals surface area contributed by atoms with Crippen LogP contribution in [0.1, 0.15) is 37.0 Å². The van der Waals surface area contributed by atoms with Gasteiger partial charge in [0.1, 0.15) is 0 Å². The smallest absolute Gasteiger partial charge is 0.0830 e. The van der Waals surface area contributed by atoms with E-state index in [0.29, 0.717) is 11.6 Å². The van der Waals surface area contributed by atoms with Crippen LogP contribution in [0, 0.1) is 12.8 Å². The highest BCUT2D eigenvalue weighted by atomic mass is 35.5. The molecule has 0 aliphatic heterocycles. The van der Waals surface area contributed by atoms with E-state index in [1.165, 1.54) is 0 Å². The molecule has 0 saturated heterocycles. The molecule has 2 nitrogen and oxygen atoms in total. The highest BCUT2D eigenvalue weighted by Gasteiger charge is 2.19. The molecule has 3 heteroatoms. The summed E-state index contributed by atoms with van der Waals surface area (Å²) in [5.74, 6) is 0.114. The zero-order valence-electron chi connectivity index (χ0n) is 9.91. The molecule has 2 unspecified atom stereocenters. The molecule has 90 valence electrons. The molecule has 0 bridgehead atoms. The van der Waals surface area contributed by atoms with Crippen molar-refractivity contribution in [3.63, 3.8) is 0 Å². The second-order valence-electron chi connectivity index (χ2n) is 4.29. The average molecular weight is 242 g/mol. The van der Waals surface area contributed by atoms with Gasteiger partial charge in [-0.15, -0.1) is 0 Å². The fourth-order valence-electron chi connectivity index (χ4n) is 1.98. The predicted molar refractivity (Wildman–Crippen MR) is 68.6 cm³/mol. The highest BCUT2D eigenvalue weighted by Crippen LogP contribution is 2.27. The van der Waals surface area contributed by atoms with E-state index in [1.54, 1.807) is 0 Å². The van der Waals surface area contributed by atoms with Crippen molar-refractivity contribution in [2.45, 2.75) is 32.8 Å². The minimum atomic E-state index is -0.512. The number of aliphatic hydroxyl groups is 1. The highest BCUT2D eigenvalue weighted by molar-refractivity contribution is 6.30. The van der Waals surface area contributed by atoms with E-state index in [2.05, 4.69) is 6.92 Å². The van der Waals surface area contributed by atoms with Gasteiger partial charge in [-0.1, -0.05) is 31.0 Å². The van der Waals surface area contributed by atoms with Crippen LogP contribution in [0.5, 0.6) is 0 Å². The average Bonchev–Trinajstić information content (AvgIpc) is 2.23. The van der Waals surface area contributed by atoms with Gasteiger partial charge in [-0.25, -0.2) is 0 Å². The number of aliphatic hydroxyl groups excluding tert-OH is 1. The van der Waals surface area contributed by atoms with Crippen LogP contribution < -0.4 is 5.73 Å². The lowest BCUT2D eigenvalue weighted by Gasteiger charge is -2.21. The predicted octanol–water partition coefficient (Wildman–Crippen LogP) is 3.06. The molecule has 0 heterocycles. The van der Waals surface area contributed by atoms with Gasteiger partial charge in [0.15, 0.2) is 0 Å². The summed E-state index contributed by atoms with van der Waals surface area (Å²) >= 11 is 5.98. The molecule has 16 heavy (non-hydrogen) atoms. The molecule has 0 fully saturated rings. The second-order valence-corrected chi connectivity index (χ2v) is 4.73. The minimum Gasteiger partial charge on any atom is -0.388 e. The first-order chi connectivity index (χ1) is 7.58. The summed E-state index contributed by atoms with van der Waals surface area (Å²) < 4.78 is 0. The topological polar surface area (TPSA) is 46.2 Å². The number of rotatable bonds is 5. The van der Waals surface area contributed by atoms with Crippen LogP contribution in [0.15, 0.2) is 18.2 Å². The molecule has 0 saturated carbocycles. The number of nitrogens with two attached hydrogens (primary N) is 1. The first kappa shape index (κ1) is 13.5. The SMILES string of the molecule is CCCC(CN)C(O)c1cc(C)cc(Cl)c1. The Bertz CT molecular complexity index is 320. The van der Waals surface area contributed by atoms with E-state index < -0.39 is 6.10 Å².